The molecule has 0 unspecified atom stereocenters. The van der Waals surface area contributed by atoms with E-state index in [1.807, 2.05) is 5.32 Å². The normalized spacial score (nSPS) is 10.7. The second kappa shape index (κ2) is 6.29. The fourth-order valence-electron chi connectivity index (χ4n) is 1.44. The summed E-state index contributed by atoms with van der Waals surface area (Å²) in [5.74, 6) is -0.0424. The van der Waals surface area contributed by atoms with Crippen molar-refractivity contribution in [2.75, 3.05) is 5.75 Å². The van der Waals surface area contributed by atoms with Crippen LogP contribution in [0, 0.1) is 0 Å². The molecule has 0 aromatic carbocycles. The summed E-state index contributed by atoms with van der Waals surface area (Å²) >= 11 is 13.2. The maximum atomic E-state index is 11.2. The first-order valence-electron chi connectivity index (χ1n) is 5.39. The van der Waals surface area contributed by atoms with Crippen LogP contribution in [0.1, 0.15) is 6.42 Å². The minimum Gasteiger partial charge on any atom is -0.351 e. The van der Waals surface area contributed by atoms with Gasteiger partial charge in [-0.3, -0.25) is 14.5 Å². The molecule has 0 spiro atoms. The van der Waals surface area contributed by atoms with Gasteiger partial charge >= 0.3 is 6.03 Å². The molecule has 0 aliphatic heterocycles. The molecule has 20 heavy (non-hydrogen) atoms. The summed E-state index contributed by atoms with van der Waals surface area (Å²) in [5.41, 5.74) is 5.32. The van der Waals surface area contributed by atoms with Crippen LogP contribution in [0.5, 0.6) is 0 Å². The number of aromatic nitrogens is 3. The number of nitrogens with two attached hydrogens (primary N) is 1. The maximum absolute atomic E-state index is 11.2. The van der Waals surface area contributed by atoms with Crippen LogP contribution in [0.15, 0.2) is 17.4 Å². The number of thioether (sulfide) groups is 1. The van der Waals surface area contributed by atoms with Gasteiger partial charge in [-0.2, -0.15) is 0 Å². The molecule has 7 nitrogen and oxygen atoms in total. The van der Waals surface area contributed by atoms with Gasteiger partial charge in [0.15, 0.2) is 10.8 Å². The number of hydrogen-bond acceptors (Lipinski definition) is 5. The van der Waals surface area contributed by atoms with Gasteiger partial charge in [0.1, 0.15) is 0 Å². The maximum Gasteiger partial charge on any atom is 0.318 e. The van der Waals surface area contributed by atoms with Gasteiger partial charge in [-0.25, -0.2) is 4.79 Å². The number of hydrogen-bond donors (Lipinski definition) is 2. The highest BCUT2D eigenvalue weighted by Crippen LogP contribution is 2.25. The van der Waals surface area contributed by atoms with Crippen molar-refractivity contribution < 1.29 is 9.59 Å². The van der Waals surface area contributed by atoms with E-state index < -0.39 is 11.9 Å². The lowest BCUT2D eigenvalue weighted by Gasteiger charge is -2.02. The fraction of sp³-hybridized carbons (Fsp3) is 0.200. The van der Waals surface area contributed by atoms with Crippen molar-refractivity contribution in [3.05, 3.63) is 22.3 Å². The zero-order chi connectivity index (χ0) is 14.7. The summed E-state index contributed by atoms with van der Waals surface area (Å²) in [6.07, 6.45) is 1.76. The average molecular weight is 334 g/mol. The molecule has 0 radical (unpaired) electrons. The molecule has 0 saturated carbocycles. The molecule has 3 N–H and O–H groups in total. The lowest BCUT2D eigenvalue weighted by Crippen LogP contribution is -2.35. The fourth-order valence-corrected chi connectivity index (χ4v) is 2.79. The summed E-state index contributed by atoms with van der Waals surface area (Å²) < 4.78 is 1.64. The quantitative estimate of drug-likeness (QED) is 0.829. The minimum absolute atomic E-state index is 0.122. The summed E-state index contributed by atoms with van der Waals surface area (Å²) in [6.45, 7) is 0. The number of nitrogens with zero attached hydrogens (tertiary/aromatic N) is 3. The van der Waals surface area contributed by atoms with Gasteiger partial charge in [0.2, 0.25) is 5.91 Å². The zero-order valence-corrected chi connectivity index (χ0v) is 12.3. The number of halogens is 2. The molecule has 3 amide bonds. The van der Waals surface area contributed by atoms with Crippen LogP contribution in [-0.2, 0) is 4.79 Å². The summed E-state index contributed by atoms with van der Waals surface area (Å²) in [5, 5.41) is 11.3. The monoisotopic (exact) mass is 333 g/mol. The van der Waals surface area contributed by atoms with Crippen molar-refractivity contribution >= 4 is 52.5 Å². The third-order valence-corrected chi connectivity index (χ3v) is 3.65. The van der Waals surface area contributed by atoms with Crippen LogP contribution in [-0.4, -0.2) is 32.3 Å². The van der Waals surface area contributed by atoms with Gasteiger partial charge in [0.05, 0.1) is 10.0 Å². The molecular formula is C10H9Cl2N5O2S. The number of rotatable bonds is 4. The number of primary amides is 1. The van der Waals surface area contributed by atoms with Gasteiger partial charge in [-0.1, -0.05) is 35.0 Å². The first kappa shape index (κ1) is 14.9. The van der Waals surface area contributed by atoms with Crippen molar-refractivity contribution in [1.29, 1.82) is 0 Å². The molecule has 10 heteroatoms. The van der Waals surface area contributed by atoms with Gasteiger partial charge in [0, 0.05) is 18.4 Å². The lowest BCUT2D eigenvalue weighted by atomic mass is 10.4. The summed E-state index contributed by atoms with van der Waals surface area (Å²) in [6, 6.07) is 0.702. The number of urea groups is 1. The van der Waals surface area contributed by atoms with Crippen LogP contribution in [0.25, 0.3) is 5.65 Å². The van der Waals surface area contributed by atoms with Gasteiger partial charge in [0.25, 0.3) is 0 Å². The molecule has 106 valence electrons. The molecule has 2 aromatic heterocycles. The predicted molar refractivity (Wildman–Crippen MR) is 76.1 cm³/mol. The Morgan fingerprint density at radius 1 is 1.40 bits per heavy atom. The number of imide groups is 1. The molecule has 0 fully saturated rings. The van der Waals surface area contributed by atoms with Crippen LogP contribution in [0.4, 0.5) is 4.79 Å². The summed E-state index contributed by atoms with van der Waals surface area (Å²) in [4.78, 5) is 21.7. The topological polar surface area (TPSA) is 102 Å². The van der Waals surface area contributed by atoms with Crippen molar-refractivity contribution in [3.63, 3.8) is 0 Å². The van der Waals surface area contributed by atoms with Crippen LogP contribution in [0.2, 0.25) is 10.0 Å². The van der Waals surface area contributed by atoms with E-state index in [0.717, 1.165) is 0 Å². The van der Waals surface area contributed by atoms with E-state index in [-0.39, 0.29) is 6.42 Å². The highest BCUT2D eigenvalue weighted by Gasteiger charge is 2.11. The molecule has 0 aliphatic rings. The van der Waals surface area contributed by atoms with E-state index in [2.05, 4.69) is 10.2 Å². The van der Waals surface area contributed by atoms with Crippen molar-refractivity contribution in [2.45, 2.75) is 11.6 Å². The molecule has 2 aromatic rings. The van der Waals surface area contributed by atoms with E-state index >= 15 is 0 Å². The largest absolute Gasteiger partial charge is 0.351 e. The molecule has 0 aliphatic carbocycles. The first-order chi connectivity index (χ1) is 9.47. The first-order valence-corrected chi connectivity index (χ1v) is 7.13. The van der Waals surface area contributed by atoms with Gasteiger partial charge < -0.3 is 5.73 Å². The van der Waals surface area contributed by atoms with E-state index in [0.29, 0.717) is 26.6 Å². The van der Waals surface area contributed by atoms with E-state index in [4.69, 9.17) is 28.9 Å². The standard InChI is InChI=1S/C10H9Cl2N5O2S/c11-5-3-6(12)8-15-16-10(17(8)4-5)20-2-1-7(18)14-9(13)19/h3-4H,1-2H2,(H3,13,14,18,19). The van der Waals surface area contributed by atoms with Gasteiger partial charge in [-0.15, -0.1) is 10.2 Å². The SMILES string of the molecule is NC(=O)NC(=O)CCSc1nnc2c(Cl)cc(Cl)cn12. The van der Waals surface area contributed by atoms with Crippen LogP contribution < -0.4 is 11.1 Å². The molecule has 0 bridgehead atoms. The number of amides is 3. The van der Waals surface area contributed by atoms with Gasteiger partial charge in [-0.05, 0) is 6.07 Å². The number of fused-ring (bicyclic) bond motifs is 1. The Balaban J connectivity index is 2.04. The Kier molecular flexibility index (Phi) is 4.69. The lowest BCUT2D eigenvalue weighted by molar-refractivity contribution is -0.119. The molecule has 2 heterocycles. The van der Waals surface area contributed by atoms with Crippen molar-refractivity contribution in [2.24, 2.45) is 5.73 Å². The number of nitrogens with one attached hydrogen (secondary N) is 1. The van der Waals surface area contributed by atoms with Crippen molar-refractivity contribution in [1.82, 2.24) is 19.9 Å². The van der Waals surface area contributed by atoms with E-state index in [9.17, 15) is 9.59 Å². The molecule has 2 rings (SSSR count). The molecular weight excluding hydrogens is 325 g/mol. The Morgan fingerprint density at radius 3 is 2.85 bits per heavy atom. The predicted octanol–water partition coefficient (Wildman–Crippen LogP) is 1.71. The third kappa shape index (κ3) is 3.53. The Hall–Kier alpha value is -1.51. The number of carbonyl (C=O) groups excluding carboxylic acids is 2. The Bertz CT molecular complexity index is 675. The second-order valence-electron chi connectivity index (χ2n) is 3.69. The molecule has 0 atom stereocenters. The smallest absolute Gasteiger partial charge is 0.318 e. The highest BCUT2D eigenvalue weighted by molar-refractivity contribution is 7.99. The second-order valence-corrected chi connectivity index (χ2v) is 5.60. The molecule has 0 saturated heterocycles. The van der Waals surface area contributed by atoms with Crippen LogP contribution in [0.3, 0.4) is 0 Å². The Labute approximate surface area is 127 Å². The van der Waals surface area contributed by atoms with Crippen LogP contribution >= 0.6 is 35.0 Å². The minimum atomic E-state index is -0.869. The van der Waals surface area contributed by atoms with E-state index in [1.165, 1.54) is 11.8 Å². The summed E-state index contributed by atoms with van der Waals surface area (Å²) in [7, 11) is 0. The average Bonchev–Trinajstić information content (AvgIpc) is 2.71. The highest BCUT2D eigenvalue weighted by atomic mass is 35.5. The number of pyridine rings is 1. The zero-order valence-electron chi connectivity index (χ0n) is 9.97. The van der Waals surface area contributed by atoms with E-state index in [1.54, 1.807) is 16.7 Å². The number of carbonyl (C=O) groups is 2. The van der Waals surface area contributed by atoms with Crippen molar-refractivity contribution in [3.8, 4) is 0 Å². The third-order valence-electron chi connectivity index (χ3n) is 2.22. The Morgan fingerprint density at radius 2 is 2.15 bits per heavy atom.